The number of hydrogen-bond donors (Lipinski definition) is 3. The Morgan fingerprint density at radius 1 is 1.24 bits per heavy atom. The molecule has 1 heterocycles. The molecule has 3 N–H and O–H groups in total. The summed E-state index contributed by atoms with van der Waals surface area (Å²) >= 11 is 0. The van der Waals surface area contributed by atoms with Crippen LogP contribution in [-0.2, 0) is 27.1 Å². The first-order chi connectivity index (χ1) is 11.8. The largest absolute Gasteiger partial charge is 0.352 e. The van der Waals surface area contributed by atoms with Crippen LogP contribution in [0.4, 0.5) is 0 Å². The van der Waals surface area contributed by atoms with Crippen LogP contribution in [0.1, 0.15) is 44.2 Å². The van der Waals surface area contributed by atoms with Gasteiger partial charge >= 0.3 is 0 Å². The lowest BCUT2D eigenvalue weighted by Crippen LogP contribution is -2.31. The molecule has 1 aromatic rings. The van der Waals surface area contributed by atoms with Gasteiger partial charge in [-0.1, -0.05) is 24.3 Å². The fourth-order valence-electron chi connectivity index (χ4n) is 2.96. The highest BCUT2D eigenvalue weighted by atomic mass is 32.2. The average Bonchev–Trinajstić information content (AvgIpc) is 3.04. The summed E-state index contributed by atoms with van der Waals surface area (Å²) in [5, 5.41) is 6.23. The van der Waals surface area contributed by atoms with E-state index in [9.17, 15) is 13.2 Å². The lowest BCUT2D eigenvalue weighted by molar-refractivity contribution is -0.121. The molecule has 0 bridgehead atoms. The molecule has 1 amide bonds. The van der Waals surface area contributed by atoms with Gasteiger partial charge in [0.25, 0.3) is 0 Å². The molecule has 1 aliphatic rings. The van der Waals surface area contributed by atoms with Crippen molar-refractivity contribution in [2.75, 3.05) is 13.1 Å². The standard InChI is InChI=1S/C18H29N3O3S/c1-14(2)21-25(23,24)13-17-5-3-15(4-6-17)12-20-18(22)8-7-16-9-10-19-11-16/h3-6,14,16,19,21H,7-13H2,1-2H3,(H,20,22). The molecule has 1 saturated heterocycles. The van der Waals surface area contributed by atoms with E-state index >= 15 is 0 Å². The van der Waals surface area contributed by atoms with E-state index in [4.69, 9.17) is 0 Å². The van der Waals surface area contributed by atoms with Gasteiger partial charge < -0.3 is 10.6 Å². The van der Waals surface area contributed by atoms with Crippen LogP contribution in [-0.4, -0.2) is 33.5 Å². The van der Waals surface area contributed by atoms with Crippen molar-refractivity contribution in [2.45, 2.75) is 51.4 Å². The molecule has 25 heavy (non-hydrogen) atoms. The maximum atomic E-state index is 11.9. The molecule has 6 nitrogen and oxygen atoms in total. The molecule has 7 heteroatoms. The van der Waals surface area contributed by atoms with Gasteiger partial charge in [0.2, 0.25) is 15.9 Å². The number of carbonyl (C=O) groups is 1. The van der Waals surface area contributed by atoms with E-state index in [1.54, 1.807) is 26.0 Å². The topological polar surface area (TPSA) is 87.3 Å². The van der Waals surface area contributed by atoms with Crippen molar-refractivity contribution >= 4 is 15.9 Å². The van der Waals surface area contributed by atoms with Crippen LogP contribution in [0.3, 0.4) is 0 Å². The molecule has 0 spiro atoms. The van der Waals surface area contributed by atoms with Crippen molar-refractivity contribution in [3.05, 3.63) is 35.4 Å². The molecular weight excluding hydrogens is 338 g/mol. The normalized spacial score (nSPS) is 17.8. The van der Waals surface area contributed by atoms with Crippen molar-refractivity contribution in [1.82, 2.24) is 15.4 Å². The zero-order valence-corrected chi connectivity index (χ0v) is 15.9. The minimum Gasteiger partial charge on any atom is -0.352 e. The zero-order valence-electron chi connectivity index (χ0n) is 15.0. The van der Waals surface area contributed by atoms with Gasteiger partial charge in [-0.15, -0.1) is 0 Å². The number of rotatable bonds is 9. The van der Waals surface area contributed by atoms with Gasteiger partial charge in [-0.25, -0.2) is 13.1 Å². The van der Waals surface area contributed by atoms with Crippen LogP contribution in [0.15, 0.2) is 24.3 Å². The van der Waals surface area contributed by atoms with Crippen molar-refractivity contribution in [3.63, 3.8) is 0 Å². The third-order valence-corrected chi connectivity index (χ3v) is 5.77. The maximum Gasteiger partial charge on any atom is 0.220 e. The Balaban J connectivity index is 1.75. The van der Waals surface area contributed by atoms with Crippen LogP contribution in [0.25, 0.3) is 0 Å². The van der Waals surface area contributed by atoms with Gasteiger partial charge in [-0.05, 0) is 56.8 Å². The quantitative estimate of drug-likeness (QED) is 0.618. The summed E-state index contributed by atoms with van der Waals surface area (Å²) in [5.74, 6) is 0.652. The number of sulfonamides is 1. The van der Waals surface area contributed by atoms with Crippen molar-refractivity contribution in [2.24, 2.45) is 5.92 Å². The predicted octanol–water partition coefficient (Wildman–Crippen LogP) is 1.52. The van der Waals surface area contributed by atoms with E-state index in [0.717, 1.165) is 37.1 Å². The average molecular weight is 368 g/mol. The minimum absolute atomic E-state index is 0.0345. The van der Waals surface area contributed by atoms with Gasteiger partial charge in [-0.3, -0.25) is 4.79 Å². The van der Waals surface area contributed by atoms with E-state index in [0.29, 0.717) is 18.9 Å². The minimum atomic E-state index is -3.31. The highest BCUT2D eigenvalue weighted by molar-refractivity contribution is 7.88. The van der Waals surface area contributed by atoms with E-state index in [-0.39, 0.29) is 17.7 Å². The first kappa shape index (κ1) is 19.9. The molecule has 2 rings (SSSR count). The van der Waals surface area contributed by atoms with E-state index in [1.807, 2.05) is 12.1 Å². The van der Waals surface area contributed by atoms with E-state index in [2.05, 4.69) is 15.4 Å². The van der Waals surface area contributed by atoms with Gasteiger partial charge in [-0.2, -0.15) is 0 Å². The fourth-order valence-corrected chi connectivity index (χ4v) is 4.39. The van der Waals surface area contributed by atoms with Crippen LogP contribution >= 0.6 is 0 Å². The highest BCUT2D eigenvalue weighted by Gasteiger charge is 2.15. The summed E-state index contributed by atoms with van der Waals surface area (Å²) in [7, 11) is -3.31. The molecule has 0 aliphatic carbocycles. The molecule has 1 fully saturated rings. The van der Waals surface area contributed by atoms with Crippen LogP contribution in [0, 0.1) is 5.92 Å². The van der Waals surface area contributed by atoms with Crippen molar-refractivity contribution < 1.29 is 13.2 Å². The molecule has 0 saturated carbocycles. The Morgan fingerprint density at radius 2 is 1.92 bits per heavy atom. The zero-order chi connectivity index (χ0) is 18.3. The maximum absolute atomic E-state index is 11.9. The second-order valence-corrected chi connectivity index (χ2v) is 8.78. The molecule has 1 aliphatic heterocycles. The fraction of sp³-hybridized carbons (Fsp3) is 0.611. The molecule has 1 unspecified atom stereocenters. The summed E-state index contributed by atoms with van der Waals surface area (Å²) in [6, 6.07) is 7.21. The Bertz CT molecular complexity index is 651. The van der Waals surface area contributed by atoms with Crippen molar-refractivity contribution in [3.8, 4) is 0 Å². The molecule has 0 radical (unpaired) electrons. The number of benzene rings is 1. The summed E-state index contributed by atoms with van der Waals surface area (Å²) in [5.41, 5.74) is 1.70. The van der Waals surface area contributed by atoms with Crippen LogP contribution in [0.2, 0.25) is 0 Å². The van der Waals surface area contributed by atoms with E-state index < -0.39 is 10.0 Å². The summed E-state index contributed by atoms with van der Waals surface area (Å²) in [6.45, 7) is 6.14. The van der Waals surface area contributed by atoms with Gasteiger partial charge in [0.1, 0.15) is 0 Å². The molecule has 140 valence electrons. The van der Waals surface area contributed by atoms with Crippen molar-refractivity contribution in [1.29, 1.82) is 0 Å². The molecule has 1 aromatic carbocycles. The molecule has 0 aromatic heterocycles. The Kier molecular flexibility index (Phi) is 7.40. The third-order valence-electron chi connectivity index (χ3n) is 4.23. The lowest BCUT2D eigenvalue weighted by Gasteiger charge is -2.11. The van der Waals surface area contributed by atoms with Gasteiger partial charge in [0.15, 0.2) is 0 Å². The first-order valence-corrected chi connectivity index (χ1v) is 10.5. The van der Waals surface area contributed by atoms with E-state index in [1.165, 1.54) is 0 Å². The lowest BCUT2D eigenvalue weighted by atomic mass is 10.0. The van der Waals surface area contributed by atoms with Gasteiger partial charge in [0, 0.05) is 19.0 Å². The number of amides is 1. The predicted molar refractivity (Wildman–Crippen MR) is 99.4 cm³/mol. The summed E-state index contributed by atoms with van der Waals surface area (Å²) in [6.07, 6.45) is 2.64. The van der Waals surface area contributed by atoms with Gasteiger partial charge in [0.05, 0.1) is 5.75 Å². The third kappa shape index (κ3) is 7.54. The Morgan fingerprint density at radius 3 is 2.52 bits per heavy atom. The number of nitrogens with one attached hydrogen (secondary N) is 3. The smallest absolute Gasteiger partial charge is 0.220 e. The Hall–Kier alpha value is -1.44. The summed E-state index contributed by atoms with van der Waals surface area (Å²) in [4.78, 5) is 11.9. The molecular formula is C18H29N3O3S. The highest BCUT2D eigenvalue weighted by Crippen LogP contribution is 2.14. The summed E-state index contributed by atoms with van der Waals surface area (Å²) < 4.78 is 26.4. The van der Waals surface area contributed by atoms with Crippen LogP contribution in [0.5, 0.6) is 0 Å². The second-order valence-electron chi connectivity index (χ2n) is 7.02. The second kappa shape index (κ2) is 9.31. The first-order valence-electron chi connectivity index (χ1n) is 8.89. The number of hydrogen-bond acceptors (Lipinski definition) is 4. The molecule has 1 atom stereocenters. The van der Waals surface area contributed by atoms with Crippen LogP contribution < -0.4 is 15.4 Å². The monoisotopic (exact) mass is 367 g/mol. The Labute approximate surface area is 150 Å². The SMILES string of the molecule is CC(C)NS(=O)(=O)Cc1ccc(CNC(=O)CCC2CCNC2)cc1. The number of carbonyl (C=O) groups excluding carboxylic acids is 1.